The Kier molecular flexibility index (Phi) is 4.90. The Labute approximate surface area is 197 Å². The second-order valence-corrected chi connectivity index (χ2v) is 11.4. The molecule has 2 aliphatic heterocycles. The number of amides is 2. The number of nitrogens with zero attached hydrogens (tertiary/aromatic N) is 2. The fourth-order valence-corrected chi connectivity index (χ4v) is 8.12. The predicted molar refractivity (Wildman–Crippen MR) is 126 cm³/mol. The van der Waals surface area contributed by atoms with E-state index in [4.69, 9.17) is 15.5 Å². The average molecular weight is 467 g/mol. The third-order valence-corrected chi connectivity index (χ3v) is 9.34. The molecule has 0 aromatic carbocycles. The molecule has 33 heavy (non-hydrogen) atoms. The summed E-state index contributed by atoms with van der Waals surface area (Å²) in [5.74, 6) is 0.902. The number of dihydropyridines is 1. The van der Waals surface area contributed by atoms with Crippen molar-refractivity contribution < 1.29 is 14.3 Å². The normalized spacial score (nSPS) is 36.6. The van der Waals surface area contributed by atoms with Gasteiger partial charge in [-0.1, -0.05) is 6.58 Å². The van der Waals surface area contributed by atoms with E-state index < -0.39 is 0 Å². The van der Waals surface area contributed by atoms with Gasteiger partial charge in [0.05, 0.1) is 17.2 Å². The van der Waals surface area contributed by atoms with Crippen LogP contribution in [0.25, 0.3) is 5.57 Å². The SMILES string of the molecule is C=C1C=C(c2csc([C@H]3CCCN3C(=O)OC3C4CC5CC3CC(C(N)=O)(C5)C4)n2)C=CN1. The van der Waals surface area contributed by atoms with Crippen LogP contribution in [0.4, 0.5) is 4.79 Å². The molecular formula is C25H30N4O3S. The molecule has 7 nitrogen and oxygen atoms in total. The molecule has 0 spiro atoms. The number of carbonyl (C=O) groups excluding carboxylic acids is 2. The largest absolute Gasteiger partial charge is 0.445 e. The van der Waals surface area contributed by atoms with E-state index in [0.29, 0.717) is 12.5 Å². The number of hydrogen-bond donors (Lipinski definition) is 2. The summed E-state index contributed by atoms with van der Waals surface area (Å²) in [6, 6.07) is -0.0421. The van der Waals surface area contributed by atoms with Crippen molar-refractivity contribution in [3.63, 3.8) is 0 Å². The van der Waals surface area contributed by atoms with Gasteiger partial charge in [-0.2, -0.15) is 0 Å². The Balaban J connectivity index is 1.16. The third-order valence-electron chi connectivity index (χ3n) is 8.40. The number of primary amides is 1. The van der Waals surface area contributed by atoms with E-state index in [1.165, 1.54) is 0 Å². The van der Waals surface area contributed by atoms with Crippen molar-refractivity contribution in [2.75, 3.05) is 6.54 Å². The Hall–Kier alpha value is -2.61. The maximum Gasteiger partial charge on any atom is 0.410 e. The molecule has 3 N–H and O–H groups in total. The first-order valence-electron chi connectivity index (χ1n) is 12.0. The van der Waals surface area contributed by atoms with Crippen LogP contribution in [0.5, 0.6) is 0 Å². The number of nitrogens with two attached hydrogens (primary N) is 1. The number of hydrogen-bond acceptors (Lipinski definition) is 6. The first-order chi connectivity index (χ1) is 15.9. The standard InChI is InChI=1S/C25H30N4O3S/c1-14-7-16(4-5-27-14)19-13-33-22(28-19)20-3-2-6-29(20)24(31)32-21-17-8-15-9-18(21)12-25(10-15,11-17)23(26)30/h4-5,7,13,15,17-18,20-21,27H,1-3,6,8-12H2,(H2,26,30)/t15?,17?,18?,20-,21?,25?/m1/s1. The monoisotopic (exact) mass is 466 g/mol. The molecule has 2 amide bonds. The quantitative estimate of drug-likeness (QED) is 0.696. The van der Waals surface area contributed by atoms with Gasteiger partial charge < -0.3 is 15.8 Å². The number of rotatable bonds is 4. The van der Waals surface area contributed by atoms with Crippen LogP contribution >= 0.6 is 11.3 Å². The highest BCUT2D eigenvalue weighted by Gasteiger charge is 2.59. The molecule has 4 bridgehead atoms. The molecule has 4 aliphatic carbocycles. The Bertz CT molecular complexity index is 1060. The van der Waals surface area contributed by atoms with Crippen LogP contribution in [-0.2, 0) is 9.53 Å². The molecule has 6 aliphatic rings. The molecule has 0 radical (unpaired) electrons. The molecule has 3 heterocycles. The van der Waals surface area contributed by atoms with Crippen molar-refractivity contribution in [2.45, 2.75) is 57.1 Å². The molecule has 1 saturated heterocycles. The van der Waals surface area contributed by atoms with Crippen molar-refractivity contribution in [2.24, 2.45) is 28.9 Å². The topological polar surface area (TPSA) is 97.5 Å². The van der Waals surface area contributed by atoms with Crippen LogP contribution in [0, 0.1) is 23.2 Å². The zero-order chi connectivity index (χ0) is 22.7. The molecular weight excluding hydrogens is 436 g/mol. The second-order valence-electron chi connectivity index (χ2n) is 10.5. The van der Waals surface area contributed by atoms with E-state index in [1.807, 2.05) is 28.6 Å². The van der Waals surface area contributed by atoms with Crippen molar-refractivity contribution in [1.29, 1.82) is 0 Å². The van der Waals surface area contributed by atoms with Crippen molar-refractivity contribution in [3.8, 4) is 0 Å². The van der Waals surface area contributed by atoms with Crippen LogP contribution in [0.1, 0.15) is 61.7 Å². The Morgan fingerprint density at radius 3 is 2.79 bits per heavy atom. The average Bonchev–Trinajstić information content (AvgIpc) is 3.45. The van der Waals surface area contributed by atoms with Gasteiger partial charge in [0, 0.05) is 29.4 Å². The zero-order valence-corrected chi connectivity index (χ0v) is 19.5. The van der Waals surface area contributed by atoms with E-state index in [0.717, 1.165) is 66.9 Å². The van der Waals surface area contributed by atoms with E-state index >= 15 is 0 Å². The third kappa shape index (κ3) is 3.50. The number of aromatic nitrogens is 1. The van der Waals surface area contributed by atoms with E-state index in [-0.39, 0.29) is 41.4 Å². The van der Waals surface area contributed by atoms with Gasteiger partial charge in [-0.25, -0.2) is 9.78 Å². The van der Waals surface area contributed by atoms with Crippen LogP contribution in [0.2, 0.25) is 0 Å². The predicted octanol–water partition coefficient (Wildman–Crippen LogP) is 4.11. The van der Waals surface area contributed by atoms with Crippen molar-refractivity contribution in [3.05, 3.63) is 46.7 Å². The molecule has 8 heteroatoms. The molecule has 3 atom stereocenters. The number of likely N-dealkylation sites (tertiary alicyclic amines) is 1. The summed E-state index contributed by atoms with van der Waals surface area (Å²) in [6.45, 7) is 4.64. The fraction of sp³-hybridized carbons (Fsp3) is 0.560. The van der Waals surface area contributed by atoms with E-state index in [9.17, 15) is 9.59 Å². The van der Waals surface area contributed by atoms with Gasteiger partial charge in [0.25, 0.3) is 0 Å². The first-order valence-corrected chi connectivity index (χ1v) is 12.9. The lowest BCUT2D eigenvalue weighted by Crippen LogP contribution is -2.59. The number of thiazole rings is 1. The molecule has 4 saturated carbocycles. The Morgan fingerprint density at radius 1 is 1.27 bits per heavy atom. The van der Waals surface area contributed by atoms with E-state index in [1.54, 1.807) is 11.3 Å². The minimum absolute atomic E-state index is 0.0421. The molecule has 1 aromatic rings. The van der Waals surface area contributed by atoms with E-state index in [2.05, 4.69) is 11.9 Å². The highest BCUT2D eigenvalue weighted by molar-refractivity contribution is 7.09. The molecule has 1 aromatic heterocycles. The minimum Gasteiger partial charge on any atom is -0.445 e. The van der Waals surface area contributed by atoms with Crippen LogP contribution in [-0.4, -0.2) is 34.5 Å². The number of allylic oxidation sites excluding steroid dienone is 3. The van der Waals surface area contributed by atoms with Gasteiger partial charge >= 0.3 is 6.09 Å². The minimum atomic E-state index is -0.365. The summed E-state index contributed by atoms with van der Waals surface area (Å²) in [6.07, 6.45) is 11.9. The molecule has 7 rings (SSSR count). The van der Waals surface area contributed by atoms with Crippen LogP contribution in [0.15, 0.2) is 36.0 Å². The molecule has 2 unspecified atom stereocenters. The van der Waals surface area contributed by atoms with Gasteiger partial charge in [0.15, 0.2) is 0 Å². The summed E-state index contributed by atoms with van der Waals surface area (Å²) in [5, 5.41) is 6.07. The highest BCUT2D eigenvalue weighted by atomic mass is 32.1. The summed E-state index contributed by atoms with van der Waals surface area (Å²) < 4.78 is 6.19. The zero-order valence-electron chi connectivity index (χ0n) is 18.7. The van der Waals surface area contributed by atoms with Crippen molar-refractivity contribution >= 4 is 28.9 Å². The van der Waals surface area contributed by atoms with Gasteiger partial charge in [0.1, 0.15) is 11.1 Å². The van der Waals surface area contributed by atoms with Gasteiger partial charge in [-0.15, -0.1) is 11.3 Å². The van der Waals surface area contributed by atoms with Gasteiger partial charge in [-0.3, -0.25) is 9.69 Å². The molecule has 174 valence electrons. The summed E-state index contributed by atoms with van der Waals surface area (Å²) >= 11 is 1.60. The maximum absolute atomic E-state index is 13.3. The second kappa shape index (κ2) is 7.72. The van der Waals surface area contributed by atoms with Crippen molar-refractivity contribution in [1.82, 2.24) is 15.2 Å². The summed E-state index contributed by atoms with van der Waals surface area (Å²) in [4.78, 5) is 32.3. The fourth-order valence-electron chi connectivity index (χ4n) is 7.15. The first kappa shape index (κ1) is 21.0. The highest BCUT2D eigenvalue weighted by Crippen LogP contribution is 2.60. The lowest BCUT2D eigenvalue weighted by atomic mass is 9.48. The molecule has 5 fully saturated rings. The summed E-state index contributed by atoms with van der Waals surface area (Å²) in [7, 11) is 0. The lowest BCUT2D eigenvalue weighted by Gasteiger charge is -2.58. The van der Waals surface area contributed by atoms with Crippen LogP contribution in [0.3, 0.4) is 0 Å². The lowest BCUT2D eigenvalue weighted by molar-refractivity contribution is -0.161. The van der Waals surface area contributed by atoms with Crippen LogP contribution < -0.4 is 11.1 Å². The smallest absolute Gasteiger partial charge is 0.410 e. The number of carbonyl (C=O) groups is 2. The maximum atomic E-state index is 13.3. The van der Waals surface area contributed by atoms with Gasteiger partial charge in [-0.05, 0) is 74.9 Å². The Morgan fingerprint density at radius 2 is 2.06 bits per heavy atom. The number of nitrogens with one attached hydrogen (secondary N) is 1. The van der Waals surface area contributed by atoms with Gasteiger partial charge in [0.2, 0.25) is 5.91 Å². The number of ether oxygens (including phenoxy) is 1. The summed E-state index contributed by atoms with van der Waals surface area (Å²) in [5.41, 5.74) is 8.20.